The number of rotatable bonds is 2. The summed E-state index contributed by atoms with van der Waals surface area (Å²) in [6.45, 7) is 2.54. The summed E-state index contributed by atoms with van der Waals surface area (Å²) in [7, 11) is 0. The highest BCUT2D eigenvalue weighted by Crippen LogP contribution is 2.48. The summed E-state index contributed by atoms with van der Waals surface area (Å²) in [5.74, 6) is -0.243. The molecule has 0 bridgehead atoms. The van der Waals surface area contributed by atoms with Crippen LogP contribution in [-0.4, -0.2) is 23.1 Å². The number of nitrogens with zero attached hydrogens (tertiary/aromatic N) is 1. The summed E-state index contributed by atoms with van der Waals surface area (Å²) in [6.07, 6.45) is 7.84. The van der Waals surface area contributed by atoms with E-state index in [-0.39, 0.29) is 11.7 Å². The van der Waals surface area contributed by atoms with Crippen LogP contribution in [0.5, 0.6) is 0 Å². The Kier molecular flexibility index (Phi) is 6.44. The summed E-state index contributed by atoms with van der Waals surface area (Å²) < 4.78 is 1.91. The molecule has 212 valence electrons. The van der Waals surface area contributed by atoms with E-state index in [9.17, 15) is 9.59 Å². The first-order valence-electron chi connectivity index (χ1n) is 14.7. The van der Waals surface area contributed by atoms with Crippen LogP contribution in [0.4, 0.5) is 0 Å². The Bertz CT molecular complexity index is 2360. The third-order valence-electron chi connectivity index (χ3n) is 8.79. The van der Waals surface area contributed by atoms with E-state index in [1.54, 1.807) is 12.2 Å². The SMILES string of the molecule is CCCN1C(=O)C=Cc2cc(Br)c3ccc4ccccc4c3c2/C1=C1\C(=O)C=Cc2cc(Br)c3ccc4ccccc4c3c21. The van der Waals surface area contributed by atoms with E-state index in [4.69, 9.17) is 0 Å². The Labute approximate surface area is 271 Å². The van der Waals surface area contributed by atoms with Crippen molar-refractivity contribution in [3.8, 4) is 0 Å². The Morgan fingerprint density at radius 3 is 1.77 bits per heavy atom. The van der Waals surface area contributed by atoms with Crippen LogP contribution in [0.2, 0.25) is 0 Å². The van der Waals surface area contributed by atoms with E-state index < -0.39 is 0 Å². The van der Waals surface area contributed by atoms with Crippen molar-refractivity contribution < 1.29 is 9.59 Å². The lowest BCUT2D eigenvalue weighted by molar-refractivity contribution is -0.122. The Morgan fingerprint density at radius 2 is 1.16 bits per heavy atom. The molecule has 6 aromatic rings. The van der Waals surface area contributed by atoms with Gasteiger partial charge in [0.25, 0.3) is 5.91 Å². The van der Waals surface area contributed by atoms with E-state index in [0.717, 1.165) is 80.7 Å². The van der Waals surface area contributed by atoms with Gasteiger partial charge in [0, 0.05) is 38.1 Å². The van der Waals surface area contributed by atoms with E-state index in [1.165, 1.54) is 0 Å². The molecule has 6 aromatic carbocycles. The highest BCUT2D eigenvalue weighted by atomic mass is 79.9. The number of benzene rings is 6. The molecule has 0 aromatic heterocycles. The van der Waals surface area contributed by atoms with E-state index in [1.807, 2.05) is 41.3 Å². The zero-order valence-corrected chi connectivity index (χ0v) is 27.0. The van der Waals surface area contributed by atoms with Crippen LogP contribution >= 0.6 is 31.9 Å². The Morgan fingerprint density at radius 1 is 0.614 bits per heavy atom. The third kappa shape index (κ3) is 3.99. The quantitative estimate of drug-likeness (QED) is 0.133. The first-order valence-corrected chi connectivity index (χ1v) is 16.3. The highest BCUT2D eigenvalue weighted by Gasteiger charge is 2.34. The second-order valence-electron chi connectivity index (χ2n) is 11.3. The molecule has 0 spiro atoms. The van der Waals surface area contributed by atoms with Crippen LogP contribution < -0.4 is 0 Å². The molecule has 1 aliphatic heterocycles. The number of hydrogen-bond donors (Lipinski definition) is 0. The zero-order valence-electron chi connectivity index (χ0n) is 23.8. The number of hydrogen-bond acceptors (Lipinski definition) is 2. The number of ketones is 1. The Hall–Kier alpha value is -4.32. The molecule has 1 heterocycles. The van der Waals surface area contributed by atoms with E-state index in [0.29, 0.717) is 17.8 Å². The topological polar surface area (TPSA) is 37.4 Å². The molecular formula is C39H25Br2NO2. The van der Waals surface area contributed by atoms with Gasteiger partial charge in [-0.15, -0.1) is 0 Å². The monoisotopic (exact) mass is 697 g/mol. The molecule has 0 radical (unpaired) electrons. The lowest BCUT2D eigenvalue weighted by atomic mass is 9.81. The maximum Gasteiger partial charge on any atom is 0.251 e. The Balaban J connectivity index is 1.65. The summed E-state index contributed by atoms with van der Waals surface area (Å²) in [6, 6.07) is 29.3. The fourth-order valence-corrected chi connectivity index (χ4v) is 8.09. The molecule has 0 fully saturated rings. The second kappa shape index (κ2) is 10.4. The van der Waals surface area contributed by atoms with Gasteiger partial charge in [-0.3, -0.25) is 9.59 Å². The van der Waals surface area contributed by atoms with Gasteiger partial charge in [0.15, 0.2) is 5.78 Å². The van der Waals surface area contributed by atoms with Gasteiger partial charge < -0.3 is 4.90 Å². The van der Waals surface area contributed by atoms with Crippen LogP contribution in [-0.2, 0) is 9.59 Å². The summed E-state index contributed by atoms with van der Waals surface area (Å²) in [5, 5.41) is 8.41. The number of carbonyl (C=O) groups excluding carboxylic acids is 2. The molecule has 0 saturated heterocycles. The minimum absolute atomic E-state index is 0.109. The van der Waals surface area contributed by atoms with E-state index in [2.05, 4.69) is 99.4 Å². The molecule has 8 rings (SSSR count). The van der Waals surface area contributed by atoms with Crippen molar-refractivity contribution in [2.75, 3.05) is 6.54 Å². The maximum atomic E-state index is 14.4. The van der Waals surface area contributed by atoms with Gasteiger partial charge in [0.05, 0.1) is 11.3 Å². The van der Waals surface area contributed by atoms with Gasteiger partial charge >= 0.3 is 0 Å². The average molecular weight is 699 g/mol. The lowest BCUT2D eigenvalue weighted by Crippen LogP contribution is -2.30. The zero-order chi connectivity index (χ0) is 30.1. The fourth-order valence-electron chi connectivity index (χ4n) is 6.94. The highest BCUT2D eigenvalue weighted by molar-refractivity contribution is 9.11. The van der Waals surface area contributed by atoms with Crippen molar-refractivity contribution in [2.45, 2.75) is 13.3 Å². The molecule has 0 atom stereocenters. The van der Waals surface area contributed by atoms with Gasteiger partial charge in [-0.2, -0.15) is 0 Å². The molecule has 44 heavy (non-hydrogen) atoms. The molecule has 3 nitrogen and oxygen atoms in total. The van der Waals surface area contributed by atoms with Crippen molar-refractivity contribution in [2.24, 2.45) is 0 Å². The van der Waals surface area contributed by atoms with Gasteiger partial charge in [0.2, 0.25) is 0 Å². The first kappa shape index (κ1) is 27.2. The first-order chi connectivity index (χ1) is 21.5. The molecular weight excluding hydrogens is 674 g/mol. The standard InChI is InChI=1S/C39H25Br2NO2/c1-2-19-42-33(44)18-14-25-21-31(41)29-16-12-23-8-4-6-10-27(23)37(29)35(25)39(42)38-32(43)17-13-24-20-30(40)28-15-11-22-7-3-5-9-26(22)36(28)34(24)38/h3-18,20-21H,2,19H2,1H3/b39-38-. The van der Waals surface area contributed by atoms with Crippen molar-refractivity contribution in [1.29, 1.82) is 0 Å². The summed E-state index contributed by atoms with van der Waals surface area (Å²) in [4.78, 5) is 30.3. The van der Waals surface area contributed by atoms with Crippen molar-refractivity contribution in [3.05, 3.63) is 128 Å². The van der Waals surface area contributed by atoms with E-state index >= 15 is 0 Å². The van der Waals surface area contributed by atoms with Crippen molar-refractivity contribution in [3.63, 3.8) is 0 Å². The molecule has 0 unspecified atom stereocenters. The fraction of sp³-hybridized carbons (Fsp3) is 0.0769. The molecule has 1 amide bonds. The normalized spacial score (nSPS) is 16.3. The smallest absolute Gasteiger partial charge is 0.251 e. The van der Waals surface area contributed by atoms with Gasteiger partial charge in [0.1, 0.15) is 0 Å². The number of allylic oxidation sites excluding steroid dienone is 2. The van der Waals surface area contributed by atoms with Gasteiger partial charge in [-0.1, -0.05) is 118 Å². The molecule has 2 aliphatic rings. The second-order valence-corrected chi connectivity index (χ2v) is 13.0. The lowest BCUT2D eigenvalue weighted by Gasteiger charge is -2.30. The van der Waals surface area contributed by atoms with Crippen LogP contribution in [0.1, 0.15) is 35.6 Å². The van der Waals surface area contributed by atoms with Crippen molar-refractivity contribution in [1.82, 2.24) is 4.90 Å². The minimum Gasteiger partial charge on any atom is -0.307 e. The minimum atomic E-state index is -0.134. The largest absolute Gasteiger partial charge is 0.307 e. The molecule has 1 aliphatic carbocycles. The summed E-state index contributed by atoms with van der Waals surface area (Å²) >= 11 is 7.67. The number of carbonyl (C=O) groups is 2. The number of fused-ring (bicyclic) bond motifs is 10. The van der Waals surface area contributed by atoms with Crippen LogP contribution in [0.15, 0.2) is 106 Å². The molecule has 5 heteroatoms. The third-order valence-corrected chi connectivity index (χ3v) is 10.1. The summed E-state index contributed by atoms with van der Waals surface area (Å²) in [5.41, 5.74) is 4.82. The average Bonchev–Trinajstić information content (AvgIpc) is 3.17. The number of amides is 1. The van der Waals surface area contributed by atoms with Crippen LogP contribution in [0, 0.1) is 0 Å². The van der Waals surface area contributed by atoms with Gasteiger partial charge in [-0.05, 0) is 79.5 Å². The van der Waals surface area contributed by atoms with Crippen molar-refractivity contribution >= 4 is 110 Å². The number of halogens is 2. The molecule has 0 N–H and O–H groups in total. The maximum absolute atomic E-state index is 14.4. The molecule has 0 saturated carbocycles. The predicted octanol–water partition coefficient (Wildman–Crippen LogP) is 10.6. The van der Waals surface area contributed by atoms with Gasteiger partial charge in [-0.25, -0.2) is 0 Å². The van der Waals surface area contributed by atoms with Crippen LogP contribution in [0.25, 0.3) is 66.5 Å². The van der Waals surface area contributed by atoms with Crippen LogP contribution in [0.3, 0.4) is 0 Å². The predicted molar refractivity (Wildman–Crippen MR) is 190 cm³/mol.